The molecule has 0 spiro atoms. The van der Waals surface area contributed by atoms with Crippen LogP contribution in [0.15, 0.2) is 67.0 Å². The summed E-state index contributed by atoms with van der Waals surface area (Å²) in [5.41, 5.74) is 2.65. The third-order valence-corrected chi connectivity index (χ3v) is 4.63. The van der Waals surface area contributed by atoms with Gasteiger partial charge in [-0.2, -0.15) is 5.10 Å². The summed E-state index contributed by atoms with van der Waals surface area (Å²) in [5.74, 6) is 1.19. The van der Waals surface area contributed by atoms with Gasteiger partial charge in [0, 0.05) is 24.4 Å². The number of rotatable bonds is 6. The SMILES string of the molecule is CCOc1ccc([C@@H]2C[C@H]2NC(=O)c2ccccc2-n2cccn2)cc1. The number of carbonyl (C=O) groups is 1. The summed E-state index contributed by atoms with van der Waals surface area (Å²) in [6, 6.07) is 17.7. The van der Waals surface area contributed by atoms with E-state index in [1.165, 1.54) is 5.56 Å². The van der Waals surface area contributed by atoms with E-state index in [2.05, 4.69) is 22.5 Å². The van der Waals surface area contributed by atoms with Crippen LogP contribution < -0.4 is 10.1 Å². The number of hydrogen-bond donors (Lipinski definition) is 1. The summed E-state index contributed by atoms with van der Waals surface area (Å²) >= 11 is 0. The number of carbonyl (C=O) groups excluding carboxylic acids is 1. The molecule has 0 bridgehead atoms. The van der Waals surface area contributed by atoms with Crippen LogP contribution in [0.2, 0.25) is 0 Å². The second-order valence-corrected chi connectivity index (χ2v) is 6.39. The summed E-state index contributed by atoms with van der Waals surface area (Å²) < 4.78 is 7.19. The van der Waals surface area contributed by atoms with E-state index in [-0.39, 0.29) is 11.9 Å². The van der Waals surface area contributed by atoms with Gasteiger partial charge in [0.2, 0.25) is 0 Å². The molecule has 1 amide bonds. The van der Waals surface area contributed by atoms with Crippen molar-refractivity contribution in [1.82, 2.24) is 15.1 Å². The summed E-state index contributed by atoms with van der Waals surface area (Å²) in [4.78, 5) is 12.8. The van der Waals surface area contributed by atoms with Gasteiger partial charge in [0.25, 0.3) is 5.91 Å². The summed E-state index contributed by atoms with van der Waals surface area (Å²) in [5, 5.41) is 7.38. The molecular formula is C21H21N3O2. The van der Waals surface area contributed by atoms with E-state index in [1.807, 2.05) is 55.6 Å². The first-order chi connectivity index (χ1) is 12.8. The Hall–Kier alpha value is -3.08. The van der Waals surface area contributed by atoms with E-state index in [0.717, 1.165) is 17.9 Å². The Kier molecular flexibility index (Phi) is 4.44. The lowest BCUT2D eigenvalue weighted by molar-refractivity contribution is 0.0950. The van der Waals surface area contributed by atoms with Crippen LogP contribution in [0.1, 0.15) is 35.2 Å². The van der Waals surface area contributed by atoms with Crippen molar-refractivity contribution in [2.75, 3.05) is 6.61 Å². The van der Waals surface area contributed by atoms with E-state index in [1.54, 1.807) is 10.9 Å². The second-order valence-electron chi connectivity index (χ2n) is 6.39. The smallest absolute Gasteiger partial charge is 0.253 e. The van der Waals surface area contributed by atoms with Crippen molar-refractivity contribution in [3.05, 3.63) is 78.1 Å². The van der Waals surface area contributed by atoms with Gasteiger partial charge in [-0.1, -0.05) is 24.3 Å². The molecule has 1 N–H and O–H groups in total. The molecule has 0 saturated heterocycles. The van der Waals surface area contributed by atoms with Crippen LogP contribution >= 0.6 is 0 Å². The van der Waals surface area contributed by atoms with Gasteiger partial charge >= 0.3 is 0 Å². The highest BCUT2D eigenvalue weighted by Crippen LogP contribution is 2.41. The van der Waals surface area contributed by atoms with Crippen LogP contribution in [0.4, 0.5) is 0 Å². The Morgan fingerprint density at radius 3 is 2.73 bits per heavy atom. The van der Waals surface area contributed by atoms with Crippen LogP contribution in [-0.4, -0.2) is 28.3 Å². The van der Waals surface area contributed by atoms with Gasteiger partial charge in [-0.25, -0.2) is 4.68 Å². The molecule has 2 aromatic carbocycles. The molecule has 5 heteroatoms. The highest BCUT2D eigenvalue weighted by atomic mass is 16.5. The highest BCUT2D eigenvalue weighted by molar-refractivity contribution is 5.98. The van der Waals surface area contributed by atoms with Gasteiger partial charge in [0.15, 0.2) is 0 Å². The zero-order valence-corrected chi connectivity index (χ0v) is 14.6. The van der Waals surface area contributed by atoms with Crippen molar-refractivity contribution in [2.45, 2.75) is 25.3 Å². The molecular weight excluding hydrogens is 326 g/mol. The quantitative estimate of drug-likeness (QED) is 0.742. The van der Waals surface area contributed by atoms with Crippen molar-refractivity contribution in [2.24, 2.45) is 0 Å². The van der Waals surface area contributed by atoms with E-state index in [9.17, 15) is 4.79 Å². The molecule has 1 aliphatic carbocycles. The fraction of sp³-hybridized carbons (Fsp3) is 0.238. The lowest BCUT2D eigenvalue weighted by Gasteiger charge is -2.10. The Bertz CT molecular complexity index is 888. The standard InChI is InChI=1S/C21H21N3O2/c1-2-26-16-10-8-15(9-11-16)18-14-19(18)23-21(25)17-6-3-4-7-20(17)24-13-5-12-22-24/h3-13,18-19H,2,14H2,1H3,(H,23,25)/t18-,19+/m0/s1. The number of hydrogen-bond acceptors (Lipinski definition) is 3. The van der Waals surface area contributed by atoms with Crippen molar-refractivity contribution >= 4 is 5.91 Å². The molecule has 26 heavy (non-hydrogen) atoms. The summed E-state index contributed by atoms with van der Waals surface area (Å²) in [7, 11) is 0. The van der Waals surface area contributed by atoms with Gasteiger partial charge in [-0.15, -0.1) is 0 Å². The van der Waals surface area contributed by atoms with Crippen LogP contribution in [0.25, 0.3) is 5.69 Å². The molecule has 132 valence electrons. The summed E-state index contributed by atoms with van der Waals surface area (Å²) in [6.45, 7) is 2.64. The molecule has 4 rings (SSSR count). The molecule has 1 aromatic heterocycles. The van der Waals surface area contributed by atoms with Gasteiger partial charge in [-0.05, 0) is 49.2 Å². The van der Waals surface area contributed by atoms with Gasteiger partial charge in [-0.3, -0.25) is 4.79 Å². The lowest BCUT2D eigenvalue weighted by atomic mass is 10.1. The normalized spacial score (nSPS) is 18.3. The number of nitrogens with zero attached hydrogens (tertiary/aromatic N) is 2. The highest BCUT2D eigenvalue weighted by Gasteiger charge is 2.39. The maximum absolute atomic E-state index is 12.8. The molecule has 0 unspecified atom stereocenters. The van der Waals surface area contributed by atoms with Crippen LogP contribution in [0.3, 0.4) is 0 Å². The first kappa shape index (κ1) is 16.4. The number of para-hydroxylation sites is 1. The first-order valence-electron chi connectivity index (χ1n) is 8.89. The molecule has 1 saturated carbocycles. The minimum atomic E-state index is -0.0606. The van der Waals surface area contributed by atoms with Gasteiger partial charge < -0.3 is 10.1 Å². The third-order valence-electron chi connectivity index (χ3n) is 4.63. The molecule has 3 aromatic rings. The zero-order chi connectivity index (χ0) is 17.9. The molecule has 0 radical (unpaired) electrons. The largest absolute Gasteiger partial charge is 0.494 e. The maximum atomic E-state index is 12.8. The molecule has 1 aliphatic rings. The number of benzene rings is 2. The number of nitrogens with one attached hydrogen (secondary N) is 1. The van der Waals surface area contributed by atoms with Gasteiger partial charge in [0.1, 0.15) is 5.75 Å². The summed E-state index contributed by atoms with van der Waals surface area (Å²) in [6.07, 6.45) is 4.51. The Labute approximate surface area is 152 Å². The van der Waals surface area contributed by atoms with Crippen LogP contribution in [0, 0.1) is 0 Å². The minimum Gasteiger partial charge on any atom is -0.494 e. The number of ether oxygens (including phenoxy) is 1. The van der Waals surface area contributed by atoms with Crippen LogP contribution in [-0.2, 0) is 0 Å². The van der Waals surface area contributed by atoms with Crippen molar-refractivity contribution < 1.29 is 9.53 Å². The van der Waals surface area contributed by atoms with Crippen molar-refractivity contribution in [3.63, 3.8) is 0 Å². The third kappa shape index (κ3) is 3.33. The monoisotopic (exact) mass is 347 g/mol. The maximum Gasteiger partial charge on any atom is 0.253 e. The Morgan fingerprint density at radius 1 is 1.19 bits per heavy atom. The van der Waals surface area contributed by atoms with Crippen molar-refractivity contribution in [1.29, 1.82) is 0 Å². The van der Waals surface area contributed by atoms with Crippen molar-refractivity contribution in [3.8, 4) is 11.4 Å². The van der Waals surface area contributed by atoms with E-state index < -0.39 is 0 Å². The topological polar surface area (TPSA) is 56.1 Å². The molecule has 2 atom stereocenters. The number of amides is 1. The second kappa shape index (κ2) is 7.04. The van der Waals surface area contributed by atoms with E-state index in [0.29, 0.717) is 18.1 Å². The average molecular weight is 347 g/mol. The predicted molar refractivity (Wildman–Crippen MR) is 99.8 cm³/mol. The van der Waals surface area contributed by atoms with Crippen LogP contribution in [0.5, 0.6) is 5.75 Å². The Balaban J connectivity index is 1.44. The molecule has 1 fully saturated rings. The van der Waals surface area contributed by atoms with E-state index >= 15 is 0 Å². The molecule has 0 aliphatic heterocycles. The Morgan fingerprint density at radius 2 is 2.00 bits per heavy atom. The molecule has 5 nitrogen and oxygen atoms in total. The lowest BCUT2D eigenvalue weighted by Crippen LogP contribution is -2.27. The minimum absolute atomic E-state index is 0.0606. The molecule has 1 heterocycles. The average Bonchev–Trinajstić information content (AvgIpc) is 3.21. The predicted octanol–water partition coefficient (Wildman–Crippen LogP) is 3.56. The fourth-order valence-electron chi connectivity index (χ4n) is 3.22. The first-order valence-corrected chi connectivity index (χ1v) is 8.89. The van der Waals surface area contributed by atoms with E-state index in [4.69, 9.17) is 4.74 Å². The fourth-order valence-corrected chi connectivity index (χ4v) is 3.22. The van der Waals surface area contributed by atoms with Gasteiger partial charge in [0.05, 0.1) is 17.9 Å². The number of aromatic nitrogens is 2. The zero-order valence-electron chi connectivity index (χ0n) is 14.6.